The van der Waals surface area contributed by atoms with E-state index in [9.17, 15) is 24.3 Å². The van der Waals surface area contributed by atoms with Gasteiger partial charge in [-0.1, -0.05) is 54.4 Å². The van der Waals surface area contributed by atoms with Crippen molar-refractivity contribution in [1.29, 1.82) is 0 Å². The normalized spacial score (nSPS) is 13.8. The highest BCUT2D eigenvalue weighted by atomic mass is 35.5. The van der Waals surface area contributed by atoms with Gasteiger partial charge in [-0.15, -0.1) is 5.10 Å². The van der Waals surface area contributed by atoms with Crippen LogP contribution in [0.2, 0.25) is 5.02 Å². The molecule has 1 fully saturated rings. The molecule has 7 aromatic rings. The number of carbonyl (C=O) groups excluding carboxylic acids is 3. The molecule has 3 amide bonds. The minimum absolute atomic E-state index is 0.0936. The minimum atomic E-state index is -0.827. The molecule has 0 saturated carbocycles. The Morgan fingerprint density at radius 2 is 1.57 bits per heavy atom. The second-order valence-electron chi connectivity index (χ2n) is 16.1. The topological polar surface area (TPSA) is 273 Å². The molecule has 6 heterocycles. The van der Waals surface area contributed by atoms with Crippen LogP contribution in [0.4, 0.5) is 23.3 Å². The molecule has 21 heteroatoms. The van der Waals surface area contributed by atoms with E-state index < -0.39 is 23.8 Å². The Morgan fingerprint density at radius 1 is 0.838 bits per heavy atom. The number of aromatic nitrogens is 7. The highest BCUT2D eigenvalue weighted by molar-refractivity contribution is 6.36. The monoisotopic (exact) mass is 940 g/mol. The Labute approximate surface area is 395 Å². The van der Waals surface area contributed by atoms with Gasteiger partial charge in [-0.3, -0.25) is 34.0 Å². The summed E-state index contributed by atoms with van der Waals surface area (Å²) in [5.74, 6) is -0.283. The third-order valence-corrected chi connectivity index (χ3v) is 11.7. The number of rotatable bonds is 19. The van der Waals surface area contributed by atoms with E-state index in [0.29, 0.717) is 92.1 Å². The number of carbonyl (C=O) groups is 4. The number of nitrogens with two attached hydrogens (primary N) is 1. The summed E-state index contributed by atoms with van der Waals surface area (Å²) in [6.45, 7) is 4.87. The summed E-state index contributed by atoms with van der Waals surface area (Å²) in [5.41, 5.74) is 11.3. The first kappa shape index (κ1) is 46.7. The van der Waals surface area contributed by atoms with Gasteiger partial charge in [0.05, 0.1) is 17.0 Å². The van der Waals surface area contributed by atoms with Crippen LogP contribution >= 0.6 is 11.6 Å². The number of hydrogen-bond acceptors (Lipinski definition) is 15. The van der Waals surface area contributed by atoms with Crippen molar-refractivity contribution in [3.63, 3.8) is 0 Å². The van der Waals surface area contributed by atoms with E-state index in [-0.39, 0.29) is 35.0 Å². The van der Waals surface area contributed by atoms with Crippen LogP contribution in [0.25, 0.3) is 28.5 Å². The molecule has 8 N–H and O–H groups in total. The van der Waals surface area contributed by atoms with Gasteiger partial charge in [0.1, 0.15) is 17.4 Å². The van der Waals surface area contributed by atoms with E-state index in [1.54, 1.807) is 60.9 Å². The van der Waals surface area contributed by atoms with E-state index in [2.05, 4.69) is 56.6 Å². The number of carboxylic acid groups (broad SMARTS) is 1. The zero-order valence-electron chi connectivity index (χ0n) is 37.0. The lowest BCUT2D eigenvalue weighted by molar-refractivity contribution is -0.144. The lowest BCUT2D eigenvalue weighted by Crippen LogP contribution is -2.44. The maximum Gasteiger partial charge on any atom is 0.320 e. The maximum absolute atomic E-state index is 13.3. The number of aliphatic carboxylic acids is 1. The van der Waals surface area contributed by atoms with Crippen LogP contribution in [0.15, 0.2) is 95.9 Å². The van der Waals surface area contributed by atoms with Crippen molar-refractivity contribution in [2.75, 3.05) is 47.9 Å². The molecular weight excluding hydrogens is 892 g/mol. The highest BCUT2D eigenvalue weighted by Crippen LogP contribution is 2.37. The number of likely N-dealkylation sites (tertiary alicyclic amines) is 1. The largest absolute Gasteiger partial charge is 0.480 e. The number of nitrogen functional groups attached to an aromatic ring is 1. The predicted molar refractivity (Wildman–Crippen MR) is 255 cm³/mol. The molecule has 2 aromatic carbocycles. The predicted octanol–water partition coefficient (Wildman–Crippen LogP) is 5.82. The molecular formula is C47H49ClN14O6. The average Bonchev–Trinajstić information content (AvgIpc) is 4.04. The van der Waals surface area contributed by atoms with Gasteiger partial charge in [0.15, 0.2) is 5.76 Å². The fourth-order valence-corrected chi connectivity index (χ4v) is 8.01. The Kier molecular flexibility index (Phi) is 14.9. The second kappa shape index (κ2) is 21.7. The first-order chi connectivity index (χ1) is 33.0. The number of amides is 3. The fourth-order valence-electron chi connectivity index (χ4n) is 7.74. The fraction of sp³-hybridized carbons (Fsp3) is 0.277. The number of anilines is 4. The third-order valence-electron chi connectivity index (χ3n) is 11.3. The zero-order chi connectivity index (χ0) is 47.6. The van der Waals surface area contributed by atoms with E-state index in [1.165, 1.54) is 10.8 Å². The maximum atomic E-state index is 13.3. The molecule has 1 unspecified atom stereocenters. The molecule has 0 radical (unpaired) electrons. The van der Waals surface area contributed by atoms with Crippen LogP contribution in [0.3, 0.4) is 0 Å². The third kappa shape index (κ3) is 11.4. The number of benzene rings is 2. The van der Waals surface area contributed by atoms with Gasteiger partial charge >= 0.3 is 5.97 Å². The number of piperidine rings is 1. The SMILES string of the molecule is Cc1c(NC(=O)c2ccc(CNCCNC(=O)CCCNc3nc(N)n4nc(-c5ccco5)nc4n3)cn2)cccc1-c1cccc(NC(=O)c2ccc(CN3CCCCC3C(=O)O)cn2)c1Cl. The lowest BCUT2D eigenvalue weighted by atomic mass is 9.98. The molecule has 0 aliphatic carbocycles. The second-order valence-corrected chi connectivity index (χ2v) is 16.4. The van der Waals surface area contributed by atoms with Gasteiger partial charge in [-0.05, 0) is 91.4 Å². The molecule has 68 heavy (non-hydrogen) atoms. The summed E-state index contributed by atoms with van der Waals surface area (Å²) in [4.78, 5) is 74.3. The molecule has 1 atom stereocenters. The number of hydrogen-bond donors (Lipinski definition) is 7. The summed E-state index contributed by atoms with van der Waals surface area (Å²) in [5, 5.41) is 29.3. The van der Waals surface area contributed by atoms with Crippen molar-refractivity contribution >= 4 is 64.3 Å². The number of pyridine rings is 2. The molecule has 1 aliphatic heterocycles. The summed E-state index contributed by atoms with van der Waals surface area (Å²) in [6, 6.07) is 20.6. The Balaban J connectivity index is 0.762. The molecule has 350 valence electrons. The quantitative estimate of drug-likeness (QED) is 0.0471. The van der Waals surface area contributed by atoms with Crippen LogP contribution in [0, 0.1) is 6.92 Å². The van der Waals surface area contributed by atoms with Gasteiger partial charge in [0.25, 0.3) is 17.6 Å². The Bertz CT molecular complexity index is 2910. The van der Waals surface area contributed by atoms with Gasteiger partial charge in [0, 0.05) is 62.8 Å². The van der Waals surface area contributed by atoms with E-state index in [1.807, 2.05) is 36.1 Å². The number of nitrogens with zero attached hydrogens (tertiary/aromatic N) is 8. The van der Waals surface area contributed by atoms with Crippen LogP contribution in [-0.2, 0) is 22.7 Å². The highest BCUT2D eigenvalue weighted by Gasteiger charge is 2.28. The van der Waals surface area contributed by atoms with E-state index in [4.69, 9.17) is 21.8 Å². The first-order valence-electron chi connectivity index (χ1n) is 22.0. The molecule has 0 spiro atoms. The molecule has 5 aromatic heterocycles. The van der Waals surface area contributed by atoms with Crippen molar-refractivity contribution in [2.24, 2.45) is 0 Å². The van der Waals surface area contributed by atoms with Crippen molar-refractivity contribution in [2.45, 2.75) is 58.2 Å². The van der Waals surface area contributed by atoms with Crippen molar-refractivity contribution < 1.29 is 28.7 Å². The minimum Gasteiger partial charge on any atom is -0.480 e. The average molecular weight is 941 g/mol. The zero-order valence-corrected chi connectivity index (χ0v) is 37.8. The van der Waals surface area contributed by atoms with Crippen LogP contribution in [0.1, 0.15) is 69.8 Å². The van der Waals surface area contributed by atoms with Gasteiger partial charge in [0.2, 0.25) is 23.6 Å². The van der Waals surface area contributed by atoms with Gasteiger partial charge in [-0.2, -0.15) is 19.5 Å². The number of fused-ring (bicyclic) bond motifs is 1. The molecule has 1 aliphatic rings. The number of nitrogens with one attached hydrogen (secondary N) is 5. The van der Waals surface area contributed by atoms with Gasteiger partial charge < -0.3 is 41.8 Å². The van der Waals surface area contributed by atoms with E-state index in [0.717, 1.165) is 35.1 Å². The lowest BCUT2D eigenvalue weighted by Gasteiger charge is -2.32. The van der Waals surface area contributed by atoms with Gasteiger partial charge in [-0.25, -0.2) is 0 Å². The van der Waals surface area contributed by atoms with Crippen molar-refractivity contribution in [3.05, 3.63) is 125 Å². The molecule has 1 saturated heterocycles. The summed E-state index contributed by atoms with van der Waals surface area (Å²) < 4.78 is 6.66. The first-order valence-corrected chi connectivity index (χ1v) is 22.4. The number of furan rings is 1. The summed E-state index contributed by atoms with van der Waals surface area (Å²) in [6.07, 6.45) is 8.02. The van der Waals surface area contributed by atoms with Crippen LogP contribution < -0.4 is 32.3 Å². The van der Waals surface area contributed by atoms with Crippen molar-refractivity contribution in [3.8, 4) is 22.7 Å². The van der Waals surface area contributed by atoms with Crippen LogP contribution in [-0.4, -0.2) is 100 Å². The summed E-state index contributed by atoms with van der Waals surface area (Å²) in [7, 11) is 0. The number of carboxylic acids is 1. The molecule has 0 bridgehead atoms. The Morgan fingerprint density at radius 3 is 2.29 bits per heavy atom. The summed E-state index contributed by atoms with van der Waals surface area (Å²) >= 11 is 6.90. The number of halogens is 1. The van der Waals surface area contributed by atoms with E-state index >= 15 is 0 Å². The standard InChI is InChI=1S/C47H49ClN14O6/c1-28-31(32-9-5-11-34(40(32)48)56-43(65)36-18-16-30(26-54-36)27-61-22-3-2-12-37(61)44(66)67)8-4-10-33(28)55-42(64)35-17-15-29(25-53-35)24-50-20-21-51-39(63)14-6-19-52-46-58-45(49)62-47(59-46)57-41(60-62)38-13-7-23-68-38/h4-5,7-11,13,15-18,23,25-26,37,50H,2-3,6,12,14,19-22,24,27H2,1H3,(H,51,63)(H,55,64)(H,56,65)(H,66,67)(H3,49,52,57,58,59,60). The Hall–Kier alpha value is -7.81. The molecule has 20 nitrogen and oxygen atoms in total. The van der Waals surface area contributed by atoms with Crippen LogP contribution in [0.5, 0.6) is 0 Å². The smallest absolute Gasteiger partial charge is 0.320 e. The molecule has 8 rings (SSSR count). The van der Waals surface area contributed by atoms with Crippen molar-refractivity contribution in [1.82, 2.24) is 50.1 Å².